The molecule has 2 nitrogen and oxygen atoms in total. The first-order chi connectivity index (χ1) is 10.2. The highest BCUT2D eigenvalue weighted by Crippen LogP contribution is 2.43. The van der Waals surface area contributed by atoms with Crippen LogP contribution < -0.4 is 5.32 Å². The van der Waals surface area contributed by atoms with E-state index in [9.17, 15) is 0 Å². The van der Waals surface area contributed by atoms with Crippen molar-refractivity contribution in [1.29, 1.82) is 0 Å². The molecule has 1 fully saturated rings. The van der Waals surface area contributed by atoms with E-state index in [0.29, 0.717) is 6.04 Å². The average Bonchev–Trinajstić information content (AvgIpc) is 2.88. The fourth-order valence-electron chi connectivity index (χ4n) is 3.10. The lowest BCUT2D eigenvalue weighted by Crippen LogP contribution is -2.51. The molecule has 1 N–H and O–H groups in total. The van der Waals surface area contributed by atoms with Gasteiger partial charge in [-0.25, -0.2) is 4.98 Å². The van der Waals surface area contributed by atoms with E-state index in [2.05, 4.69) is 54.9 Å². The first-order valence-corrected chi connectivity index (χ1v) is 8.80. The summed E-state index contributed by atoms with van der Waals surface area (Å²) in [4.78, 5) is 4.73. The minimum atomic E-state index is 0.162. The topological polar surface area (TPSA) is 24.9 Å². The maximum Gasteiger partial charge on any atom is 0.113 e. The molecule has 0 saturated heterocycles. The SMILES string of the molecule is Cc1csc(C2(N[C@@H](C)CCc3ccccc3)CCC2)n1. The summed E-state index contributed by atoms with van der Waals surface area (Å²) in [6.07, 6.45) is 6.10. The Labute approximate surface area is 131 Å². The van der Waals surface area contributed by atoms with Gasteiger partial charge in [0.05, 0.1) is 5.54 Å². The molecule has 0 amide bonds. The molecule has 1 aromatic heterocycles. The first-order valence-electron chi connectivity index (χ1n) is 7.92. The molecule has 3 rings (SSSR count). The summed E-state index contributed by atoms with van der Waals surface area (Å²) in [6.45, 7) is 4.40. The van der Waals surface area contributed by atoms with Gasteiger partial charge in [-0.15, -0.1) is 11.3 Å². The van der Waals surface area contributed by atoms with Gasteiger partial charge in [0.15, 0.2) is 0 Å². The van der Waals surface area contributed by atoms with Crippen LogP contribution in [0.4, 0.5) is 0 Å². The quantitative estimate of drug-likeness (QED) is 0.853. The van der Waals surface area contributed by atoms with Crippen molar-refractivity contribution in [2.75, 3.05) is 0 Å². The number of aromatic nitrogens is 1. The smallest absolute Gasteiger partial charge is 0.113 e. The van der Waals surface area contributed by atoms with E-state index in [1.165, 1.54) is 36.3 Å². The second kappa shape index (κ2) is 6.29. The molecule has 1 aliphatic rings. The van der Waals surface area contributed by atoms with E-state index in [1.54, 1.807) is 0 Å². The second-order valence-corrected chi connectivity index (χ2v) is 7.16. The number of nitrogens with zero attached hydrogens (tertiary/aromatic N) is 1. The monoisotopic (exact) mass is 300 g/mol. The van der Waals surface area contributed by atoms with E-state index in [4.69, 9.17) is 4.98 Å². The molecule has 0 spiro atoms. The van der Waals surface area contributed by atoms with Crippen molar-refractivity contribution in [2.24, 2.45) is 0 Å². The van der Waals surface area contributed by atoms with Crippen LogP contribution in [0.1, 0.15) is 48.9 Å². The summed E-state index contributed by atoms with van der Waals surface area (Å²) in [7, 11) is 0. The largest absolute Gasteiger partial charge is 0.303 e. The zero-order valence-corrected chi connectivity index (χ0v) is 13.7. The van der Waals surface area contributed by atoms with Crippen LogP contribution in [0, 0.1) is 6.92 Å². The number of rotatable bonds is 6. The van der Waals surface area contributed by atoms with Gasteiger partial charge in [-0.2, -0.15) is 0 Å². The van der Waals surface area contributed by atoms with Gasteiger partial charge in [0.2, 0.25) is 0 Å². The zero-order chi connectivity index (χ0) is 14.7. The fraction of sp³-hybridized carbons (Fsp3) is 0.500. The predicted octanol–water partition coefficient (Wildman–Crippen LogP) is 4.44. The van der Waals surface area contributed by atoms with Crippen molar-refractivity contribution in [1.82, 2.24) is 10.3 Å². The third-order valence-electron chi connectivity index (χ3n) is 4.47. The van der Waals surface area contributed by atoms with Crippen molar-refractivity contribution in [3.8, 4) is 0 Å². The summed E-state index contributed by atoms with van der Waals surface area (Å²) >= 11 is 1.82. The molecule has 0 radical (unpaired) electrons. The maximum absolute atomic E-state index is 4.73. The van der Waals surface area contributed by atoms with E-state index in [-0.39, 0.29) is 5.54 Å². The minimum Gasteiger partial charge on any atom is -0.303 e. The van der Waals surface area contributed by atoms with Gasteiger partial charge in [0.1, 0.15) is 5.01 Å². The Kier molecular flexibility index (Phi) is 4.41. The standard InChI is InChI=1S/C18H24N2S/c1-14(9-10-16-7-4-3-5-8-16)20-18(11-6-12-18)17-19-15(2)13-21-17/h3-5,7-8,13-14,20H,6,9-12H2,1-2H3/t14-/m0/s1. The summed E-state index contributed by atoms with van der Waals surface area (Å²) in [5.41, 5.74) is 2.74. The van der Waals surface area contributed by atoms with Crippen molar-refractivity contribution in [3.05, 3.63) is 52.0 Å². The molecule has 1 saturated carbocycles. The van der Waals surface area contributed by atoms with E-state index >= 15 is 0 Å². The third kappa shape index (κ3) is 3.35. The van der Waals surface area contributed by atoms with E-state index < -0.39 is 0 Å². The second-order valence-electron chi connectivity index (χ2n) is 6.30. The Hall–Kier alpha value is -1.19. The van der Waals surface area contributed by atoms with Crippen LogP contribution in [-0.2, 0) is 12.0 Å². The molecule has 3 heteroatoms. The van der Waals surface area contributed by atoms with Crippen molar-refractivity contribution < 1.29 is 0 Å². The number of hydrogen-bond acceptors (Lipinski definition) is 3. The highest BCUT2D eigenvalue weighted by molar-refractivity contribution is 7.09. The Bertz CT molecular complexity index is 572. The van der Waals surface area contributed by atoms with E-state index in [1.807, 2.05) is 11.3 Å². The molecule has 0 bridgehead atoms. The molecule has 1 aromatic carbocycles. The van der Waals surface area contributed by atoms with Crippen LogP contribution >= 0.6 is 11.3 Å². The zero-order valence-electron chi connectivity index (χ0n) is 12.9. The summed E-state index contributed by atoms with van der Waals surface area (Å²) in [5.74, 6) is 0. The van der Waals surface area contributed by atoms with Gasteiger partial charge in [-0.1, -0.05) is 30.3 Å². The molecule has 0 unspecified atom stereocenters. The Morgan fingerprint density at radius 2 is 2.05 bits per heavy atom. The molecule has 1 heterocycles. The summed E-state index contributed by atoms with van der Waals surface area (Å²) < 4.78 is 0. The lowest BCUT2D eigenvalue weighted by atomic mass is 9.76. The molecule has 0 aliphatic heterocycles. The fourth-order valence-corrected chi connectivity index (χ4v) is 4.12. The molecule has 112 valence electrons. The minimum absolute atomic E-state index is 0.162. The van der Waals surface area contributed by atoms with Gasteiger partial charge in [-0.05, 0) is 51.5 Å². The number of benzene rings is 1. The van der Waals surface area contributed by atoms with Crippen LogP contribution in [0.15, 0.2) is 35.7 Å². The van der Waals surface area contributed by atoms with Gasteiger partial charge in [0, 0.05) is 17.1 Å². The highest BCUT2D eigenvalue weighted by Gasteiger charge is 2.41. The van der Waals surface area contributed by atoms with Crippen LogP contribution in [0.25, 0.3) is 0 Å². The van der Waals surface area contributed by atoms with Gasteiger partial charge >= 0.3 is 0 Å². The molecule has 2 aromatic rings. The lowest BCUT2D eigenvalue weighted by molar-refractivity contribution is 0.163. The Balaban J connectivity index is 1.59. The lowest BCUT2D eigenvalue weighted by Gasteiger charge is -2.43. The number of hydrogen-bond donors (Lipinski definition) is 1. The number of nitrogens with one attached hydrogen (secondary N) is 1. The number of aryl methyl sites for hydroxylation is 2. The molecule has 1 aliphatic carbocycles. The normalized spacial score (nSPS) is 18.2. The van der Waals surface area contributed by atoms with Crippen molar-refractivity contribution in [2.45, 2.75) is 57.5 Å². The summed E-state index contributed by atoms with van der Waals surface area (Å²) in [5, 5.41) is 7.34. The van der Waals surface area contributed by atoms with Gasteiger partial charge in [-0.3, -0.25) is 0 Å². The van der Waals surface area contributed by atoms with Crippen molar-refractivity contribution >= 4 is 11.3 Å². The highest BCUT2D eigenvalue weighted by atomic mass is 32.1. The molecular weight excluding hydrogens is 276 g/mol. The predicted molar refractivity (Wildman–Crippen MR) is 89.7 cm³/mol. The molecule has 1 atom stereocenters. The Morgan fingerprint density at radius 1 is 1.29 bits per heavy atom. The third-order valence-corrected chi connectivity index (χ3v) is 5.63. The van der Waals surface area contributed by atoms with Crippen LogP contribution in [0.2, 0.25) is 0 Å². The molecular formula is C18H24N2S. The van der Waals surface area contributed by atoms with Crippen LogP contribution in [0.5, 0.6) is 0 Å². The van der Waals surface area contributed by atoms with Crippen LogP contribution in [-0.4, -0.2) is 11.0 Å². The average molecular weight is 300 g/mol. The first kappa shape index (κ1) is 14.7. The van der Waals surface area contributed by atoms with Crippen LogP contribution in [0.3, 0.4) is 0 Å². The van der Waals surface area contributed by atoms with Gasteiger partial charge in [0.25, 0.3) is 0 Å². The molecule has 21 heavy (non-hydrogen) atoms. The Morgan fingerprint density at radius 3 is 2.62 bits per heavy atom. The van der Waals surface area contributed by atoms with Crippen molar-refractivity contribution in [3.63, 3.8) is 0 Å². The van der Waals surface area contributed by atoms with Gasteiger partial charge < -0.3 is 5.32 Å². The maximum atomic E-state index is 4.73. The number of thiazole rings is 1. The van der Waals surface area contributed by atoms with E-state index in [0.717, 1.165) is 12.1 Å². The summed E-state index contributed by atoms with van der Waals surface area (Å²) in [6, 6.07) is 11.3.